The molecule has 3 rings (SSSR count). The number of nitrogens with two attached hydrogens (primary N) is 1. The van der Waals surface area contributed by atoms with Crippen molar-refractivity contribution in [1.82, 2.24) is 4.90 Å². The van der Waals surface area contributed by atoms with Crippen LogP contribution in [-0.2, 0) is 0 Å². The molecule has 110 valence electrons. The van der Waals surface area contributed by atoms with Gasteiger partial charge in [-0.3, -0.25) is 4.90 Å². The van der Waals surface area contributed by atoms with E-state index in [0.717, 1.165) is 29.7 Å². The van der Waals surface area contributed by atoms with Gasteiger partial charge >= 0.3 is 0 Å². The van der Waals surface area contributed by atoms with Crippen molar-refractivity contribution in [1.29, 1.82) is 0 Å². The molecule has 5 unspecified atom stereocenters. The summed E-state index contributed by atoms with van der Waals surface area (Å²) in [5.74, 6) is 3.51. The highest BCUT2D eigenvalue weighted by molar-refractivity contribution is 4.97. The third-order valence-corrected chi connectivity index (χ3v) is 6.29. The third-order valence-electron chi connectivity index (χ3n) is 6.29. The SMILES string of the molecule is CC(C)C1CCCCC1N1CC2CCCC(N)C2C1. The number of rotatable bonds is 2. The Bertz CT molecular complexity index is 302. The molecule has 0 aromatic rings. The van der Waals surface area contributed by atoms with Crippen LogP contribution in [0.2, 0.25) is 0 Å². The Morgan fingerprint density at radius 2 is 1.74 bits per heavy atom. The maximum absolute atomic E-state index is 6.38. The molecule has 0 aromatic heterocycles. The molecule has 0 spiro atoms. The molecule has 3 fully saturated rings. The molecule has 3 aliphatic rings. The first kappa shape index (κ1) is 13.9. The minimum atomic E-state index is 0.491. The lowest BCUT2D eigenvalue weighted by Crippen LogP contribution is -2.44. The third kappa shape index (κ3) is 2.71. The van der Waals surface area contributed by atoms with Gasteiger partial charge in [-0.05, 0) is 49.4 Å². The van der Waals surface area contributed by atoms with Gasteiger partial charge in [0.25, 0.3) is 0 Å². The molecule has 0 radical (unpaired) electrons. The van der Waals surface area contributed by atoms with Gasteiger partial charge in [0, 0.05) is 25.2 Å². The first-order chi connectivity index (χ1) is 9.16. The van der Waals surface area contributed by atoms with E-state index in [0.29, 0.717) is 6.04 Å². The average molecular weight is 264 g/mol. The van der Waals surface area contributed by atoms with Gasteiger partial charge in [-0.2, -0.15) is 0 Å². The van der Waals surface area contributed by atoms with Gasteiger partial charge in [0.2, 0.25) is 0 Å². The molecule has 1 heterocycles. The van der Waals surface area contributed by atoms with E-state index in [-0.39, 0.29) is 0 Å². The van der Waals surface area contributed by atoms with Crippen molar-refractivity contribution >= 4 is 0 Å². The van der Waals surface area contributed by atoms with Gasteiger partial charge in [0.15, 0.2) is 0 Å². The first-order valence-electron chi connectivity index (χ1n) is 8.66. The van der Waals surface area contributed by atoms with Gasteiger partial charge in [-0.25, -0.2) is 0 Å². The van der Waals surface area contributed by atoms with Crippen LogP contribution in [0, 0.1) is 23.7 Å². The Kier molecular flexibility index (Phi) is 4.19. The van der Waals surface area contributed by atoms with Gasteiger partial charge in [0.1, 0.15) is 0 Å². The second-order valence-electron chi connectivity index (χ2n) is 7.73. The van der Waals surface area contributed by atoms with E-state index in [1.165, 1.54) is 58.0 Å². The zero-order valence-corrected chi connectivity index (χ0v) is 12.9. The van der Waals surface area contributed by atoms with E-state index in [4.69, 9.17) is 5.73 Å². The average Bonchev–Trinajstić information content (AvgIpc) is 2.84. The summed E-state index contributed by atoms with van der Waals surface area (Å²) in [5.41, 5.74) is 6.38. The first-order valence-corrected chi connectivity index (χ1v) is 8.66. The van der Waals surface area contributed by atoms with E-state index in [2.05, 4.69) is 18.7 Å². The summed E-state index contributed by atoms with van der Waals surface area (Å²) in [5, 5.41) is 0. The van der Waals surface area contributed by atoms with Crippen LogP contribution in [0.5, 0.6) is 0 Å². The monoisotopic (exact) mass is 264 g/mol. The van der Waals surface area contributed by atoms with Crippen LogP contribution in [0.1, 0.15) is 58.8 Å². The number of hydrogen-bond donors (Lipinski definition) is 1. The van der Waals surface area contributed by atoms with Gasteiger partial charge in [-0.1, -0.05) is 33.1 Å². The fraction of sp³-hybridized carbons (Fsp3) is 1.00. The van der Waals surface area contributed by atoms with E-state index < -0.39 is 0 Å². The maximum Gasteiger partial charge on any atom is 0.0126 e. The Labute approximate surface area is 119 Å². The molecular formula is C17H32N2. The van der Waals surface area contributed by atoms with Gasteiger partial charge in [0.05, 0.1) is 0 Å². The highest BCUT2D eigenvalue weighted by Crippen LogP contribution is 2.41. The highest BCUT2D eigenvalue weighted by Gasteiger charge is 2.43. The lowest BCUT2D eigenvalue weighted by atomic mass is 9.77. The van der Waals surface area contributed by atoms with Crippen molar-refractivity contribution in [3.8, 4) is 0 Å². The molecule has 2 heteroatoms. The zero-order valence-electron chi connectivity index (χ0n) is 12.9. The predicted octanol–water partition coefficient (Wildman–Crippen LogP) is 3.26. The smallest absolute Gasteiger partial charge is 0.0126 e. The molecule has 2 aliphatic carbocycles. The number of nitrogens with zero attached hydrogens (tertiary/aromatic N) is 1. The number of likely N-dealkylation sites (tertiary alicyclic amines) is 1. The van der Waals surface area contributed by atoms with Crippen LogP contribution in [0.15, 0.2) is 0 Å². The summed E-state index contributed by atoms with van der Waals surface area (Å²) in [6.07, 6.45) is 9.89. The van der Waals surface area contributed by atoms with Crippen molar-refractivity contribution in [2.24, 2.45) is 29.4 Å². The molecule has 2 nitrogen and oxygen atoms in total. The van der Waals surface area contributed by atoms with E-state index in [1.54, 1.807) is 0 Å². The summed E-state index contributed by atoms with van der Waals surface area (Å²) >= 11 is 0. The Morgan fingerprint density at radius 3 is 2.47 bits per heavy atom. The van der Waals surface area contributed by atoms with Gasteiger partial charge < -0.3 is 5.73 Å². The highest BCUT2D eigenvalue weighted by atomic mass is 15.2. The standard InChI is InChI=1S/C17H32N2/c1-12(2)14-7-3-4-9-17(14)19-10-13-6-5-8-16(18)15(13)11-19/h12-17H,3-11,18H2,1-2H3. The number of hydrogen-bond acceptors (Lipinski definition) is 2. The second-order valence-corrected chi connectivity index (χ2v) is 7.73. The van der Waals surface area contributed by atoms with Gasteiger partial charge in [-0.15, -0.1) is 0 Å². The van der Waals surface area contributed by atoms with Crippen LogP contribution in [0.3, 0.4) is 0 Å². The Balaban J connectivity index is 1.68. The lowest BCUT2D eigenvalue weighted by molar-refractivity contribution is 0.0934. The molecular weight excluding hydrogens is 232 g/mol. The summed E-state index contributed by atoms with van der Waals surface area (Å²) in [4.78, 5) is 2.85. The summed E-state index contributed by atoms with van der Waals surface area (Å²) in [6, 6.07) is 1.36. The zero-order chi connectivity index (χ0) is 13.4. The van der Waals surface area contributed by atoms with Crippen molar-refractivity contribution in [2.75, 3.05) is 13.1 Å². The van der Waals surface area contributed by atoms with Crippen LogP contribution in [0.25, 0.3) is 0 Å². The molecule has 1 aliphatic heterocycles. The normalized spacial score (nSPS) is 44.5. The Hall–Kier alpha value is -0.0800. The van der Waals surface area contributed by atoms with E-state index in [9.17, 15) is 0 Å². The molecule has 2 N–H and O–H groups in total. The van der Waals surface area contributed by atoms with Crippen LogP contribution < -0.4 is 5.73 Å². The van der Waals surface area contributed by atoms with Crippen LogP contribution in [0.4, 0.5) is 0 Å². The molecule has 0 bridgehead atoms. The summed E-state index contributed by atoms with van der Waals surface area (Å²) in [7, 11) is 0. The summed E-state index contributed by atoms with van der Waals surface area (Å²) in [6.45, 7) is 7.52. The lowest BCUT2D eigenvalue weighted by Gasteiger charge is -2.40. The molecule has 0 amide bonds. The van der Waals surface area contributed by atoms with E-state index >= 15 is 0 Å². The van der Waals surface area contributed by atoms with Crippen molar-refractivity contribution < 1.29 is 0 Å². The quantitative estimate of drug-likeness (QED) is 0.829. The molecule has 0 aromatic carbocycles. The maximum atomic E-state index is 6.38. The molecule has 19 heavy (non-hydrogen) atoms. The topological polar surface area (TPSA) is 29.3 Å². The minimum Gasteiger partial charge on any atom is -0.327 e. The summed E-state index contributed by atoms with van der Waals surface area (Å²) < 4.78 is 0. The number of fused-ring (bicyclic) bond motifs is 1. The minimum absolute atomic E-state index is 0.491. The fourth-order valence-corrected chi connectivity index (χ4v) is 5.19. The van der Waals surface area contributed by atoms with Crippen molar-refractivity contribution in [3.05, 3.63) is 0 Å². The van der Waals surface area contributed by atoms with Crippen LogP contribution >= 0.6 is 0 Å². The fourth-order valence-electron chi connectivity index (χ4n) is 5.19. The van der Waals surface area contributed by atoms with Crippen molar-refractivity contribution in [2.45, 2.75) is 70.9 Å². The molecule has 2 saturated carbocycles. The van der Waals surface area contributed by atoms with Crippen molar-refractivity contribution in [3.63, 3.8) is 0 Å². The second kappa shape index (κ2) is 5.73. The Morgan fingerprint density at radius 1 is 0.947 bits per heavy atom. The molecule has 1 saturated heterocycles. The van der Waals surface area contributed by atoms with Crippen LogP contribution in [-0.4, -0.2) is 30.1 Å². The van der Waals surface area contributed by atoms with E-state index in [1.807, 2.05) is 0 Å². The molecule has 5 atom stereocenters. The largest absolute Gasteiger partial charge is 0.327 e. The predicted molar refractivity (Wildman–Crippen MR) is 81.0 cm³/mol.